The molecule has 0 N–H and O–H groups in total. The quantitative estimate of drug-likeness (QED) is 0.568. The van der Waals surface area contributed by atoms with Gasteiger partial charge in [-0.05, 0) is 46.2 Å². The van der Waals surface area contributed by atoms with E-state index in [2.05, 4.69) is 48.9 Å². The van der Waals surface area contributed by atoms with Crippen LogP contribution in [0.4, 0.5) is 5.69 Å². The number of pyridine rings is 1. The van der Waals surface area contributed by atoms with Gasteiger partial charge in [0, 0.05) is 19.7 Å². The summed E-state index contributed by atoms with van der Waals surface area (Å²) in [6.45, 7) is 11.2. The number of aryl methyl sites for hydroxylation is 3. The third-order valence-electron chi connectivity index (χ3n) is 3.94. The Labute approximate surface area is 145 Å². The number of hydrogen-bond acceptors (Lipinski definition) is 3. The van der Waals surface area contributed by atoms with Crippen molar-refractivity contribution in [3.8, 4) is 5.88 Å². The van der Waals surface area contributed by atoms with Gasteiger partial charge in [-0.1, -0.05) is 29.3 Å². The summed E-state index contributed by atoms with van der Waals surface area (Å²) >= 11 is 0. The maximum absolute atomic E-state index is 6.02. The van der Waals surface area contributed by atoms with E-state index >= 15 is 0 Å². The molecule has 4 heteroatoms. The van der Waals surface area contributed by atoms with Crippen molar-refractivity contribution in [1.82, 2.24) is 9.88 Å². The van der Waals surface area contributed by atoms with Gasteiger partial charge in [0.05, 0.1) is 17.7 Å². The van der Waals surface area contributed by atoms with Crippen LogP contribution in [0.1, 0.15) is 42.3 Å². The second kappa shape index (κ2) is 7.95. The second-order valence-corrected chi connectivity index (χ2v) is 6.25. The predicted molar refractivity (Wildman–Crippen MR) is 100 cm³/mol. The Hall–Kier alpha value is -2.36. The highest BCUT2D eigenvalue weighted by Crippen LogP contribution is 2.25. The molecule has 0 fully saturated rings. The zero-order chi connectivity index (χ0) is 17.7. The molecule has 1 aromatic carbocycles. The summed E-state index contributed by atoms with van der Waals surface area (Å²) in [5.41, 5.74) is 5.38. The molecular weight excluding hydrogens is 298 g/mol. The lowest BCUT2D eigenvalue weighted by Gasteiger charge is -2.16. The van der Waals surface area contributed by atoms with Crippen molar-refractivity contribution < 1.29 is 4.74 Å². The van der Waals surface area contributed by atoms with Crippen LogP contribution in [0.5, 0.6) is 5.88 Å². The van der Waals surface area contributed by atoms with E-state index in [4.69, 9.17) is 4.74 Å². The molecule has 0 bridgehead atoms. The van der Waals surface area contributed by atoms with Crippen molar-refractivity contribution in [2.24, 2.45) is 4.99 Å². The molecule has 1 heterocycles. The SMILES string of the molecule is CCN(C)C=Nc1ccc(OC(C)c2cc(C)cc(C)c2)nc1C. The van der Waals surface area contributed by atoms with E-state index in [1.807, 2.05) is 44.3 Å². The third kappa shape index (κ3) is 4.82. The Morgan fingerprint density at radius 3 is 2.42 bits per heavy atom. The minimum atomic E-state index is -0.0453. The van der Waals surface area contributed by atoms with Gasteiger partial charge in [0.1, 0.15) is 6.10 Å². The molecule has 1 unspecified atom stereocenters. The van der Waals surface area contributed by atoms with Gasteiger partial charge in [-0.2, -0.15) is 0 Å². The second-order valence-electron chi connectivity index (χ2n) is 6.25. The van der Waals surface area contributed by atoms with E-state index in [0.29, 0.717) is 5.88 Å². The minimum absolute atomic E-state index is 0.0453. The summed E-state index contributed by atoms with van der Waals surface area (Å²) in [6, 6.07) is 10.3. The van der Waals surface area contributed by atoms with Gasteiger partial charge < -0.3 is 9.64 Å². The first-order valence-corrected chi connectivity index (χ1v) is 8.36. The molecular formula is C20H27N3O. The van der Waals surface area contributed by atoms with Gasteiger partial charge in [0.2, 0.25) is 5.88 Å². The lowest BCUT2D eigenvalue weighted by molar-refractivity contribution is 0.217. The summed E-state index contributed by atoms with van der Waals surface area (Å²) < 4.78 is 6.02. The topological polar surface area (TPSA) is 37.7 Å². The number of nitrogens with zero attached hydrogens (tertiary/aromatic N) is 3. The number of hydrogen-bond donors (Lipinski definition) is 0. The number of aromatic nitrogens is 1. The summed E-state index contributed by atoms with van der Waals surface area (Å²) in [5.74, 6) is 0.627. The lowest BCUT2D eigenvalue weighted by Crippen LogP contribution is -2.14. The maximum atomic E-state index is 6.02. The third-order valence-corrected chi connectivity index (χ3v) is 3.94. The Morgan fingerprint density at radius 1 is 1.17 bits per heavy atom. The van der Waals surface area contributed by atoms with E-state index < -0.39 is 0 Å². The van der Waals surface area contributed by atoms with Crippen LogP contribution in [0.25, 0.3) is 0 Å². The summed E-state index contributed by atoms with van der Waals surface area (Å²) in [6.07, 6.45) is 1.78. The van der Waals surface area contributed by atoms with Crippen molar-refractivity contribution in [1.29, 1.82) is 0 Å². The first-order valence-electron chi connectivity index (χ1n) is 8.36. The van der Waals surface area contributed by atoms with Crippen LogP contribution in [0.2, 0.25) is 0 Å². The summed E-state index contributed by atoms with van der Waals surface area (Å²) in [7, 11) is 2.00. The molecule has 0 spiro atoms. The molecule has 1 atom stereocenters. The zero-order valence-electron chi connectivity index (χ0n) is 15.5. The summed E-state index contributed by atoms with van der Waals surface area (Å²) in [5, 5.41) is 0. The van der Waals surface area contributed by atoms with E-state index in [1.54, 1.807) is 0 Å². The fourth-order valence-electron chi connectivity index (χ4n) is 2.47. The Bertz CT molecular complexity index is 705. The Kier molecular flexibility index (Phi) is 5.96. The minimum Gasteiger partial charge on any atom is -0.470 e. The zero-order valence-corrected chi connectivity index (χ0v) is 15.5. The van der Waals surface area contributed by atoms with E-state index in [1.165, 1.54) is 16.7 Å². The maximum Gasteiger partial charge on any atom is 0.214 e. The van der Waals surface area contributed by atoms with Crippen LogP contribution in [-0.2, 0) is 0 Å². The highest BCUT2D eigenvalue weighted by molar-refractivity contribution is 5.62. The van der Waals surface area contributed by atoms with Crippen molar-refractivity contribution >= 4 is 12.0 Å². The molecule has 128 valence electrons. The van der Waals surface area contributed by atoms with Crippen molar-refractivity contribution in [2.45, 2.75) is 40.7 Å². The molecule has 0 saturated heterocycles. The van der Waals surface area contributed by atoms with Gasteiger partial charge >= 0.3 is 0 Å². The summed E-state index contributed by atoms with van der Waals surface area (Å²) in [4.78, 5) is 11.0. The van der Waals surface area contributed by atoms with E-state index in [9.17, 15) is 0 Å². The van der Waals surface area contributed by atoms with Gasteiger partial charge in [0.15, 0.2) is 0 Å². The van der Waals surface area contributed by atoms with Crippen LogP contribution < -0.4 is 4.74 Å². The number of benzene rings is 1. The lowest BCUT2D eigenvalue weighted by atomic mass is 10.0. The molecule has 0 amide bonds. The molecule has 2 aromatic rings. The fourth-order valence-corrected chi connectivity index (χ4v) is 2.47. The molecule has 0 aliphatic heterocycles. The smallest absolute Gasteiger partial charge is 0.214 e. The Morgan fingerprint density at radius 2 is 1.83 bits per heavy atom. The largest absolute Gasteiger partial charge is 0.470 e. The van der Waals surface area contributed by atoms with Crippen LogP contribution in [0.15, 0.2) is 35.3 Å². The highest BCUT2D eigenvalue weighted by atomic mass is 16.5. The van der Waals surface area contributed by atoms with Gasteiger partial charge in [0.25, 0.3) is 0 Å². The normalized spacial score (nSPS) is 12.4. The standard InChI is InChI=1S/C20H27N3O/c1-7-23(6)13-21-19-8-9-20(22-16(19)4)24-17(5)18-11-14(2)10-15(3)12-18/h8-13,17H,7H2,1-6H3. The molecule has 24 heavy (non-hydrogen) atoms. The van der Waals surface area contributed by atoms with Crippen LogP contribution >= 0.6 is 0 Å². The van der Waals surface area contributed by atoms with Crippen molar-refractivity contribution in [2.75, 3.05) is 13.6 Å². The van der Waals surface area contributed by atoms with Crippen molar-refractivity contribution in [3.63, 3.8) is 0 Å². The Balaban J connectivity index is 2.12. The van der Waals surface area contributed by atoms with Gasteiger partial charge in [-0.3, -0.25) is 0 Å². The number of aliphatic imine (C=N–C) groups is 1. The van der Waals surface area contributed by atoms with Crippen LogP contribution in [0, 0.1) is 20.8 Å². The van der Waals surface area contributed by atoms with Gasteiger partial charge in [-0.15, -0.1) is 0 Å². The number of rotatable bonds is 6. The first-order chi connectivity index (χ1) is 11.4. The first kappa shape index (κ1) is 18.0. The molecule has 0 aliphatic rings. The van der Waals surface area contributed by atoms with Crippen molar-refractivity contribution in [3.05, 3.63) is 52.7 Å². The molecule has 2 rings (SSSR count). The molecule has 0 radical (unpaired) electrons. The number of ether oxygens (including phenoxy) is 1. The molecule has 4 nitrogen and oxygen atoms in total. The van der Waals surface area contributed by atoms with E-state index in [0.717, 1.165) is 17.9 Å². The molecule has 0 aliphatic carbocycles. The molecule has 1 aromatic heterocycles. The van der Waals surface area contributed by atoms with Crippen LogP contribution in [0.3, 0.4) is 0 Å². The van der Waals surface area contributed by atoms with Crippen LogP contribution in [-0.4, -0.2) is 29.8 Å². The van der Waals surface area contributed by atoms with E-state index in [-0.39, 0.29) is 6.10 Å². The predicted octanol–water partition coefficient (Wildman–Crippen LogP) is 4.76. The average Bonchev–Trinajstić information content (AvgIpc) is 2.52. The monoisotopic (exact) mass is 325 g/mol. The highest BCUT2D eigenvalue weighted by Gasteiger charge is 2.10. The average molecular weight is 325 g/mol. The van der Waals surface area contributed by atoms with Gasteiger partial charge in [-0.25, -0.2) is 9.98 Å². The molecule has 0 saturated carbocycles. The fraction of sp³-hybridized carbons (Fsp3) is 0.400.